The van der Waals surface area contributed by atoms with Gasteiger partial charge in [0.25, 0.3) is 0 Å². The van der Waals surface area contributed by atoms with Crippen molar-refractivity contribution in [3.8, 4) is 0 Å². The van der Waals surface area contributed by atoms with E-state index < -0.39 is 0 Å². The van der Waals surface area contributed by atoms with Crippen LogP contribution in [0.2, 0.25) is 0 Å². The number of hydrogen-bond acceptors (Lipinski definition) is 2. The standard InChI is InChI=1S/C14H16N2OS/c1-11-3-5-13(6-4-11)15-14(17)16(2)9-12-7-8-18-10-12/h3-8,10H,9H2,1-2H3,(H,15,17). The van der Waals surface area contributed by atoms with Crippen LogP contribution in [0.4, 0.5) is 10.5 Å². The normalized spacial score (nSPS) is 10.1. The fraction of sp³-hybridized carbons (Fsp3) is 0.214. The number of urea groups is 1. The van der Waals surface area contributed by atoms with E-state index in [9.17, 15) is 4.79 Å². The summed E-state index contributed by atoms with van der Waals surface area (Å²) >= 11 is 1.64. The first-order valence-electron chi connectivity index (χ1n) is 5.75. The van der Waals surface area contributed by atoms with Gasteiger partial charge >= 0.3 is 6.03 Å². The van der Waals surface area contributed by atoms with Crippen molar-refractivity contribution in [1.29, 1.82) is 0 Å². The van der Waals surface area contributed by atoms with Crippen LogP contribution in [0.1, 0.15) is 11.1 Å². The Bertz CT molecular complexity index is 505. The molecule has 1 aromatic heterocycles. The van der Waals surface area contributed by atoms with E-state index in [0.717, 1.165) is 11.3 Å². The Morgan fingerprint density at radius 3 is 2.61 bits per heavy atom. The lowest BCUT2D eigenvalue weighted by Gasteiger charge is -2.17. The average Bonchev–Trinajstić information content (AvgIpc) is 2.85. The zero-order valence-corrected chi connectivity index (χ0v) is 11.3. The van der Waals surface area contributed by atoms with Crippen molar-refractivity contribution in [3.05, 3.63) is 52.2 Å². The van der Waals surface area contributed by atoms with Crippen molar-refractivity contribution in [2.45, 2.75) is 13.5 Å². The van der Waals surface area contributed by atoms with E-state index in [-0.39, 0.29) is 6.03 Å². The molecule has 1 aromatic carbocycles. The molecule has 2 rings (SSSR count). The number of nitrogens with zero attached hydrogens (tertiary/aromatic N) is 1. The summed E-state index contributed by atoms with van der Waals surface area (Å²) in [6, 6.07) is 9.71. The highest BCUT2D eigenvalue weighted by atomic mass is 32.1. The molecule has 0 atom stereocenters. The molecule has 2 amide bonds. The van der Waals surface area contributed by atoms with Crippen LogP contribution in [0.25, 0.3) is 0 Å². The average molecular weight is 260 g/mol. The second kappa shape index (κ2) is 5.69. The highest BCUT2D eigenvalue weighted by molar-refractivity contribution is 7.07. The molecule has 3 nitrogen and oxygen atoms in total. The molecule has 0 aliphatic heterocycles. The zero-order chi connectivity index (χ0) is 13.0. The molecular weight excluding hydrogens is 244 g/mol. The summed E-state index contributed by atoms with van der Waals surface area (Å²) in [7, 11) is 1.79. The first-order valence-corrected chi connectivity index (χ1v) is 6.69. The molecule has 18 heavy (non-hydrogen) atoms. The Labute approximate surface area is 111 Å². The first kappa shape index (κ1) is 12.6. The largest absolute Gasteiger partial charge is 0.323 e. The molecule has 0 saturated carbocycles. The Morgan fingerprint density at radius 2 is 2.00 bits per heavy atom. The summed E-state index contributed by atoms with van der Waals surface area (Å²) in [5.74, 6) is 0. The van der Waals surface area contributed by atoms with Crippen molar-refractivity contribution < 1.29 is 4.79 Å². The van der Waals surface area contributed by atoms with Gasteiger partial charge < -0.3 is 10.2 Å². The second-order valence-electron chi connectivity index (χ2n) is 4.28. The number of nitrogens with one attached hydrogen (secondary N) is 1. The van der Waals surface area contributed by atoms with Crippen molar-refractivity contribution in [1.82, 2.24) is 4.90 Å². The molecule has 0 aliphatic carbocycles. The number of benzene rings is 1. The van der Waals surface area contributed by atoms with E-state index >= 15 is 0 Å². The van der Waals surface area contributed by atoms with Gasteiger partial charge in [0, 0.05) is 19.3 Å². The smallest absolute Gasteiger partial charge is 0.321 e. The molecule has 94 valence electrons. The molecular formula is C14H16N2OS. The molecule has 0 spiro atoms. The molecule has 2 aromatic rings. The summed E-state index contributed by atoms with van der Waals surface area (Å²) in [5, 5.41) is 6.94. The minimum atomic E-state index is -0.0925. The van der Waals surface area contributed by atoms with Crippen LogP contribution in [0, 0.1) is 6.92 Å². The van der Waals surface area contributed by atoms with E-state index in [0.29, 0.717) is 6.54 Å². The minimum Gasteiger partial charge on any atom is -0.323 e. The fourth-order valence-electron chi connectivity index (χ4n) is 1.58. The highest BCUT2D eigenvalue weighted by Gasteiger charge is 2.09. The lowest BCUT2D eigenvalue weighted by molar-refractivity contribution is 0.221. The number of rotatable bonds is 3. The van der Waals surface area contributed by atoms with Crippen LogP contribution in [-0.4, -0.2) is 18.0 Å². The third-order valence-corrected chi connectivity index (χ3v) is 3.38. The van der Waals surface area contributed by atoms with E-state index in [1.54, 1.807) is 23.3 Å². The SMILES string of the molecule is Cc1ccc(NC(=O)N(C)Cc2ccsc2)cc1. The molecule has 0 radical (unpaired) electrons. The molecule has 1 heterocycles. The van der Waals surface area contributed by atoms with Gasteiger partial charge in [0.15, 0.2) is 0 Å². The van der Waals surface area contributed by atoms with Crippen LogP contribution in [0.5, 0.6) is 0 Å². The van der Waals surface area contributed by atoms with Crippen LogP contribution in [0.3, 0.4) is 0 Å². The predicted molar refractivity (Wildman–Crippen MR) is 76.0 cm³/mol. The minimum absolute atomic E-state index is 0.0925. The van der Waals surface area contributed by atoms with E-state index in [1.807, 2.05) is 42.6 Å². The van der Waals surface area contributed by atoms with Gasteiger partial charge in [0.1, 0.15) is 0 Å². The van der Waals surface area contributed by atoms with Gasteiger partial charge in [-0.05, 0) is 41.4 Å². The number of carbonyl (C=O) groups is 1. The molecule has 0 bridgehead atoms. The summed E-state index contributed by atoms with van der Waals surface area (Å²) in [5.41, 5.74) is 3.16. The Balaban J connectivity index is 1.93. The van der Waals surface area contributed by atoms with Gasteiger partial charge in [-0.3, -0.25) is 0 Å². The van der Waals surface area contributed by atoms with Crippen LogP contribution in [0.15, 0.2) is 41.1 Å². The van der Waals surface area contributed by atoms with Crippen LogP contribution < -0.4 is 5.32 Å². The molecule has 0 aliphatic rings. The lowest BCUT2D eigenvalue weighted by atomic mass is 10.2. The van der Waals surface area contributed by atoms with Crippen molar-refractivity contribution in [2.75, 3.05) is 12.4 Å². The van der Waals surface area contributed by atoms with E-state index in [4.69, 9.17) is 0 Å². The van der Waals surface area contributed by atoms with Gasteiger partial charge in [-0.2, -0.15) is 11.3 Å². The molecule has 1 N–H and O–H groups in total. The molecule has 0 saturated heterocycles. The summed E-state index contributed by atoms with van der Waals surface area (Å²) in [4.78, 5) is 13.6. The van der Waals surface area contributed by atoms with E-state index in [1.165, 1.54) is 5.56 Å². The monoisotopic (exact) mass is 260 g/mol. The van der Waals surface area contributed by atoms with Gasteiger partial charge in [0.2, 0.25) is 0 Å². The zero-order valence-electron chi connectivity index (χ0n) is 10.5. The number of aryl methyl sites for hydroxylation is 1. The Hall–Kier alpha value is -1.81. The van der Waals surface area contributed by atoms with Crippen LogP contribution in [-0.2, 0) is 6.54 Å². The number of hydrogen-bond donors (Lipinski definition) is 1. The third-order valence-electron chi connectivity index (χ3n) is 2.65. The summed E-state index contributed by atoms with van der Waals surface area (Å²) in [6.07, 6.45) is 0. The van der Waals surface area contributed by atoms with Crippen LogP contribution >= 0.6 is 11.3 Å². The first-order chi connectivity index (χ1) is 8.65. The predicted octanol–water partition coefficient (Wildman–Crippen LogP) is 3.72. The van der Waals surface area contributed by atoms with E-state index in [2.05, 4.69) is 10.7 Å². The quantitative estimate of drug-likeness (QED) is 0.896. The molecule has 4 heteroatoms. The Kier molecular flexibility index (Phi) is 3.99. The number of carbonyl (C=O) groups excluding carboxylic acids is 1. The lowest BCUT2D eigenvalue weighted by Crippen LogP contribution is -2.30. The second-order valence-corrected chi connectivity index (χ2v) is 5.06. The number of amides is 2. The maximum atomic E-state index is 11.9. The molecule has 0 unspecified atom stereocenters. The number of thiophene rings is 1. The topological polar surface area (TPSA) is 32.3 Å². The van der Waals surface area contributed by atoms with Gasteiger partial charge in [-0.1, -0.05) is 17.7 Å². The molecule has 0 fully saturated rings. The van der Waals surface area contributed by atoms with Crippen molar-refractivity contribution in [2.24, 2.45) is 0 Å². The number of anilines is 1. The highest BCUT2D eigenvalue weighted by Crippen LogP contribution is 2.12. The van der Waals surface area contributed by atoms with Crippen molar-refractivity contribution in [3.63, 3.8) is 0 Å². The third kappa shape index (κ3) is 3.34. The Morgan fingerprint density at radius 1 is 1.28 bits per heavy atom. The summed E-state index contributed by atoms with van der Waals surface area (Å²) < 4.78 is 0. The van der Waals surface area contributed by atoms with Crippen molar-refractivity contribution >= 4 is 23.1 Å². The van der Waals surface area contributed by atoms with Gasteiger partial charge in [-0.15, -0.1) is 0 Å². The van der Waals surface area contributed by atoms with Gasteiger partial charge in [0.05, 0.1) is 0 Å². The fourth-order valence-corrected chi connectivity index (χ4v) is 2.24. The van der Waals surface area contributed by atoms with Gasteiger partial charge in [-0.25, -0.2) is 4.79 Å². The maximum Gasteiger partial charge on any atom is 0.321 e. The summed E-state index contributed by atoms with van der Waals surface area (Å²) in [6.45, 7) is 2.65. The maximum absolute atomic E-state index is 11.9.